The molecule has 0 rings (SSSR count). The van der Waals surface area contributed by atoms with Gasteiger partial charge in [0.15, 0.2) is 5.96 Å². The highest BCUT2D eigenvalue weighted by Crippen LogP contribution is 2.02. The summed E-state index contributed by atoms with van der Waals surface area (Å²) < 4.78 is 0. The van der Waals surface area contributed by atoms with Crippen molar-refractivity contribution >= 4 is 41.7 Å². The zero-order valence-corrected chi connectivity index (χ0v) is 14.7. The molecule has 104 valence electrons. The molecule has 1 unspecified atom stereocenters. The Labute approximate surface area is 128 Å². The van der Waals surface area contributed by atoms with Crippen molar-refractivity contribution < 1.29 is 0 Å². The van der Waals surface area contributed by atoms with E-state index in [0.717, 1.165) is 18.3 Å². The third kappa shape index (κ3) is 12.6. The third-order valence-electron chi connectivity index (χ3n) is 2.45. The van der Waals surface area contributed by atoms with Crippen LogP contribution in [-0.2, 0) is 0 Å². The second-order valence-corrected chi connectivity index (χ2v) is 5.02. The lowest BCUT2D eigenvalue weighted by molar-refractivity contribution is 0.548. The van der Waals surface area contributed by atoms with E-state index in [1.807, 2.05) is 18.8 Å². The molecule has 0 aromatic rings. The number of unbranched alkanes of at least 4 members (excludes halogenated alkanes) is 2. The summed E-state index contributed by atoms with van der Waals surface area (Å²) in [6, 6.07) is 0.507. The zero-order chi connectivity index (χ0) is 12.2. The van der Waals surface area contributed by atoms with E-state index >= 15 is 0 Å². The van der Waals surface area contributed by atoms with Crippen molar-refractivity contribution in [1.82, 2.24) is 10.6 Å². The monoisotopic (exact) mass is 373 g/mol. The first kappa shape index (κ1) is 19.7. The fraction of sp³-hybridized carbons (Fsp3) is 0.917. The number of hydrogen-bond acceptors (Lipinski definition) is 2. The summed E-state index contributed by atoms with van der Waals surface area (Å²) in [5.41, 5.74) is 0. The number of nitrogens with zero attached hydrogens (tertiary/aromatic N) is 1. The first-order valence-corrected chi connectivity index (χ1v) is 7.60. The topological polar surface area (TPSA) is 36.4 Å². The molecule has 3 nitrogen and oxygen atoms in total. The van der Waals surface area contributed by atoms with Gasteiger partial charge in [-0.2, -0.15) is 11.8 Å². The lowest BCUT2D eigenvalue weighted by Crippen LogP contribution is -2.42. The van der Waals surface area contributed by atoms with Crippen LogP contribution in [0.4, 0.5) is 0 Å². The largest absolute Gasteiger partial charge is 0.356 e. The van der Waals surface area contributed by atoms with Crippen molar-refractivity contribution in [2.24, 2.45) is 4.99 Å². The molecule has 0 aromatic heterocycles. The van der Waals surface area contributed by atoms with Crippen LogP contribution < -0.4 is 10.6 Å². The van der Waals surface area contributed by atoms with Gasteiger partial charge in [-0.1, -0.05) is 26.2 Å². The molecular formula is C12H28IN3S. The summed E-state index contributed by atoms with van der Waals surface area (Å²) in [6.07, 6.45) is 7.24. The molecular weight excluding hydrogens is 345 g/mol. The first-order valence-electron chi connectivity index (χ1n) is 6.20. The number of nitrogens with one attached hydrogen (secondary N) is 2. The van der Waals surface area contributed by atoms with E-state index in [2.05, 4.69) is 35.7 Å². The molecule has 0 bridgehead atoms. The highest BCUT2D eigenvalue weighted by atomic mass is 127. The summed E-state index contributed by atoms with van der Waals surface area (Å²) in [5.74, 6) is 2.04. The van der Waals surface area contributed by atoms with Crippen molar-refractivity contribution in [2.75, 3.05) is 25.6 Å². The van der Waals surface area contributed by atoms with Crippen LogP contribution >= 0.6 is 35.7 Å². The van der Waals surface area contributed by atoms with Gasteiger partial charge < -0.3 is 10.6 Å². The quantitative estimate of drug-likeness (QED) is 0.297. The van der Waals surface area contributed by atoms with E-state index in [1.54, 1.807) is 0 Å². The van der Waals surface area contributed by atoms with Gasteiger partial charge in [-0.15, -0.1) is 24.0 Å². The number of aliphatic imine (C=N–C) groups is 1. The maximum atomic E-state index is 4.21. The van der Waals surface area contributed by atoms with Crippen LogP contribution in [0.5, 0.6) is 0 Å². The molecule has 0 heterocycles. The Kier molecular flexibility index (Phi) is 16.7. The molecule has 0 aliphatic rings. The van der Waals surface area contributed by atoms with Crippen LogP contribution in [0.3, 0.4) is 0 Å². The van der Waals surface area contributed by atoms with E-state index in [1.165, 1.54) is 25.7 Å². The summed E-state index contributed by atoms with van der Waals surface area (Å²) >= 11 is 1.84. The van der Waals surface area contributed by atoms with E-state index in [9.17, 15) is 0 Å². The SMILES string of the molecule is CCCCCC(C)NC(=NC)NCCSC.I. The van der Waals surface area contributed by atoms with Gasteiger partial charge in [0, 0.05) is 25.4 Å². The maximum absolute atomic E-state index is 4.21. The van der Waals surface area contributed by atoms with Crippen LogP contribution in [0.15, 0.2) is 4.99 Å². The molecule has 2 N–H and O–H groups in total. The number of thioether (sulfide) groups is 1. The Hall–Kier alpha value is 0.350. The van der Waals surface area contributed by atoms with Crippen LogP contribution in [-0.4, -0.2) is 37.6 Å². The van der Waals surface area contributed by atoms with Crippen molar-refractivity contribution in [3.05, 3.63) is 0 Å². The fourth-order valence-electron chi connectivity index (χ4n) is 1.47. The molecule has 0 radical (unpaired) electrons. The molecule has 0 spiro atoms. The second kappa shape index (κ2) is 14.4. The average molecular weight is 373 g/mol. The lowest BCUT2D eigenvalue weighted by atomic mass is 10.1. The minimum Gasteiger partial charge on any atom is -0.356 e. The van der Waals surface area contributed by atoms with Gasteiger partial charge in [0.2, 0.25) is 0 Å². The molecule has 0 aromatic carbocycles. The highest BCUT2D eigenvalue weighted by molar-refractivity contribution is 14.0. The van der Waals surface area contributed by atoms with Crippen LogP contribution in [0.1, 0.15) is 39.5 Å². The Balaban J connectivity index is 0. The molecule has 0 fully saturated rings. The summed E-state index contributed by atoms with van der Waals surface area (Å²) in [4.78, 5) is 4.21. The third-order valence-corrected chi connectivity index (χ3v) is 3.06. The Morgan fingerprint density at radius 3 is 2.59 bits per heavy atom. The van der Waals surface area contributed by atoms with Crippen molar-refractivity contribution in [2.45, 2.75) is 45.6 Å². The molecule has 5 heteroatoms. The smallest absolute Gasteiger partial charge is 0.191 e. The number of guanidine groups is 1. The number of rotatable bonds is 8. The minimum atomic E-state index is 0. The zero-order valence-electron chi connectivity index (χ0n) is 11.6. The molecule has 0 saturated carbocycles. The maximum Gasteiger partial charge on any atom is 0.191 e. The van der Waals surface area contributed by atoms with Gasteiger partial charge in [0.1, 0.15) is 0 Å². The van der Waals surface area contributed by atoms with E-state index in [0.29, 0.717) is 6.04 Å². The van der Waals surface area contributed by atoms with Crippen LogP contribution in [0.2, 0.25) is 0 Å². The average Bonchev–Trinajstić information content (AvgIpc) is 2.28. The van der Waals surface area contributed by atoms with Gasteiger partial charge >= 0.3 is 0 Å². The number of halogens is 1. The predicted octanol–water partition coefficient (Wildman–Crippen LogP) is 3.10. The van der Waals surface area contributed by atoms with Crippen molar-refractivity contribution in [1.29, 1.82) is 0 Å². The molecule has 17 heavy (non-hydrogen) atoms. The van der Waals surface area contributed by atoms with Gasteiger partial charge in [0.05, 0.1) is 0 Å². The fourth-order valence-corrected chi connectivity index (χ4v) is 1.78. The van der Waals surface area contributed by atoms with Crippen molar-refractivity contribution in [3.63, 3.8) is 0 Å². The van der Waals surface area contributed by atoms with E-state index in [-0.39, 0.29) is 24.0 Å². The molecule has 0 amide bonds. The Morgan fingerprint density at radius 2 is 2.06 bits per heavy atom. The standard InChI is InChI=1S/C12H27N3S.HI/c1-5-6-7-8-11(2)15-12(13-3)14-9-10-16-4;/h11H,5-10H2,1-4H3,(H2,13,14,15);1H. The minimum absolute atomic E-state index is 0. The van der Waals surface area contributed by atoms with Gasteiger partial charge in [0.25, 0.3) is 0 Å². The Bertz CT molecular complexity index is 189. The number of hydrogen-bond donors (Lipinski definition) is 2. The van der Waals surface area contributed by atoms with Crippen LogP contribution in [0.25, 0.3) is 0 Å². The Morgan fingerprint density at radius 1 is 1.35 bits per heavy atom. The molecule has 0 aliphatic heterocycles. The lowest BCUT2D eigenvalue weighted by Gasteiger charge is -2.17. The molecule has 0 saturated heterocycles. The van der Waals surface area contributed by atoms with Crippen LogP contribution in [0, 0.1) is 0 Å². The molecule has 1 atom stereocenters. The van der Waals surface area contributed by atoms with Crippen molar-refractivity contribution in [3.8, 4) is 0 Å². The normalized spacial score (nSPS) is 12.8. The highest BCUT2D eigenvalue weighted by Gasteiger charge is 2.03. The summed E-state index contributed by atoms with van der Waals surface area (Å²) in [7, 11) is 1.83. The second-order valence-electron chi connectivity index (χ2n) is 4.03. The summed E-state index contributed by atoms with van der Waals surface area (Å²) in [5, 5.41) is 6.72. The van der Waals surface area contributed by atoms with Gasteiger partial charge in [-0.3, -0.25) is 4.99 Å². The first-order chi connectivity index (χ1) is 7.74. The van der Waals surface area contributed by atoms with Gasteiger partial charge in [-0.05, 0) is 19.6 Å². The summed E-state index contributed by atoms with van der Waals surface area (Å²) in [6.45, 7) is 5.43. The predicted molar refractivity (Wildman–Crippen MR) is 91.9 cm³/mol. The van der Waals surface area contributed by atoms with E-state index in [4.69, 9.17) is 0 Å². The van der Waals surface area contributed by atoms with E-state index < -0.39 is 0 Å². The molecule has 0 aliphatic carbocycles. The van der Waals surface area contributed by atoms with Gasteiger partial charge in [-0.25, -0.2) is 0 Å².